The normalized spacial score (nSPS) is 20.4. The van der Waals surface area contributed by atoms with Gasteiger partial charge in [-0.1, -0.05) is 35.9 Å². The van der Waals surface area contributed by atoms with Gasteiger partial charge in [-0.15, -0.1) is 0 Å². The molecule has 0 aromatic heterocycles. The highest BCUT2D eigenvalue weighted by molar-refractivity contribution is 6.31. The summed E-state index contributed by atoms with van der Waals surface area (Å²) in [5, 5.41) is 0.742. The average molecular weight is 466 g/mol. The van der Waals surface area contributed by atoms with Crippen LogP contribution in [0.5, 0.6) is 0 Å². The van der Waals surface area contributed by atoms with Crippen molar-refractivity contribution in [2.24, 2.45) is 5.92 Å². The molecule has 2 aromatic carbocycles. The maximum Gasteiger partial charge on any atom is 0.416 e. The molecule has 1 amide bonds. The highest BCUT2D eigenvalue weighted by Gasteiger charge is 2.33. The lowest BCUT2D eigenvalue weighted by atomic mass is 9.95. The standard InChI is InChI=1S/C24H27ClF3N3O/c25-22-9-2-1-5-18(22)16-29-10-4-6-19(17-29)23(32)31-13-11-30(12-14-31)21-8-3-7-20(15-21)24(26,27)28/h1-3,5,7-9,15,19H,4,6,10-14,16-17H2. The summed E-state index contributed by atoms with van der Waals surface area (Å²) in [5.74, 6) is 0.101. The molecular weight excluding hydrogens is 439 g/mol. The number of hydrogen-bond acceptors (Lipinski definition) is 3. The van der Waals surface area contributed by atoms with Crippen molar-refractivity contribution in [3.05, 3.63) is 64.7 Å². The summed E-state index contributed by atoms with van der Waals surface area (Å²) >= 11 is 6.29. The van der Waals surface area contributed by atoms with Crippen LogP contribution in [0, 0.1) is 5.92 Å². The zero-order valence-electron chi connectivity index (χ0n) is 17.8. The Kier molecular flexibility index (Phi) is 6.96. The Morgan fingerprint density at radius 2 is 1.75 bits per heavy atom. The summed E-state index contributed by atoms with van der Waals surface area (Å²) in [6.45, 7) is 4.49. The molecule has 2 saturated heterocycles. The van der Waals surface area contributed by atoms with Crippen LogP contribution in [0.2, 0.25) is 5.02 Å². The topological polar surface area (TPSA) is 26.8 Å². The average Bonchev–Trinajstić information content (AvgIpc) is 2.80. The highest BCUT2D eigenvalue weighted by Crippen LogP contribution is 2.32. The van der Waals surface area contributed by atoms with E-state index in [1.807, 2.05) is 34.1 Å². The summed E-state index contributed by atoms with van der Waals surface area (Å²) in [7, 11) is 0. The first kappa shape index (κ1) is 22.9. The Balaban J connectivity index is 1.33. The number of anilines is 1. The van der Waals surface area contributed by atoms with Gasteiger partial charge in [0.15, 0.2) is 0 Å². The molecule has 0 aliphatic carbocycles. The van der Waals surface area contributed by atoms with Gasteiger partial charge in [0.1, 0.15) is 0 Å². The van der Waals surface area contributed by atoms with E-state index >= 15 is 0 Å². The molecule has 4 rings (SSSR count). The van der Waals surface area contributed by atoms with Crippen LogP contribution in [0.1, 0.15) is 24.0 Å². The van der Waals surface area contributed by atoms with Crippen LogP contribution in [-0.2, 0) is 17.5 Å². The van der Waals surface area contributed by atoms with Gasteiger partial charge in [0.2, 0.25) is 5.91 Å². The van der Waals surface area contributed by atoms with Crippen LogP contribution < -0.4 is 4.90 Å². The predicted octanol–water partition coefficient (Wildman–Crippen LogP) is 4.92. The van der Waals surface area contributed by atoms with Crippen LogP contribution in [-0.4, -0.2) is 55.0 Å². The summed E-state index contributed by atoms with van der Waals surface area (Å²) < 4.78 is 39.1. The molecule has 2 aromatic rings. The fourth-order valence-corrected chi connectivity index (χ4v) is 4.79. The maximum absolute atomic E-state index is 13.2. The van der Waals surface area contributed by atoms with Gasteiger partial charge < -0.3 is 9.80 Å². The largest absolute Gasteiger partial charge is 0.416 e. The van der Waals surface area contributed by atoms with Gasteiger partial charge in [0.25, 0.3) is 0 Å². The molecule has 4 nitrogen and oxygen atoms in total. The minimum absolute atomic E-state index is 0.0497. The fraction of sp³-hybridized carbons (Fsp3) is 0.458. The van der Waals surface area contributed by atoms with Crippen molar-refractivity contribution in [2.75, 3.05) is 44.2 Å². The number of halogens is 4. The molecule has 0 N–H and O–H groups in total. The second-order valence-corrected chi connectivity index (χ2v) is 8.93. The molecule has 8 heteroatoms. The van der Waals surface area contributed by atoms with E-state index in [2.05, 4.69) is 4.90 Å². The third-order valence-corrected chi connectivity index (χ3v) is 6.71. The molecule has 0 bridgehead atoms. The SMILES string of the molecule is O=C(C1CCCN(Cc2ccccc2Cl)C1)N1CCN(c2cccc(C(F)(F)F)c2)CC1. The first-order valence-corrected chi connectivity index (χ1v) is 11.4. The molecule has 0 spiro atoms. The molecule has 2 fully saturated rings. The summed E-state index contributed by atoms with van der Waals surface area (Å²) in [6.07, 6.45) is -2.53. The zero-order valence-corrected chi connectivity index (χ0v) is 18.6. The van der Waals surface area contributed by atoms with Gasteiger partial charge in [-0.25, -0.2) is 0 Å². The number of carbonyl (C=O) groups is 1. The van der Waals surface area contributed by atoms with Crippen molar-refractivity contribution >= 4 is 23.2 Å². The lowest BCUT2D eigenvalue weighted by Gasteiger charge is -2.40. The molecule has 2 heterocycles. The van der Waals surface area contributed by atoms with E-state index in [9.17, 15) is 18.0 Å². The summed E-state index contributed by atoms with van der Waals surface area (Å²) in [6, 6.07) is 13.2. The molecule has 32 heavy (non-hydrogen) atoms. The number of carbonyl (C=O) groups excluding carboxylic acids is 1. The molecule has 2 aliphatic rings. The van der Waals surface area contributed by atoms with Crippen LogP contribution >= 0.6 is 11.6 Å². The van der Waals surface area contributed by atoms with Crippen molar-refractivity contribution in [1.82, 2.24) is 9.80 Å². The van der Waals surface area contributed by atoms with Crippen molar-refractivity contribution in [1.29, 1.82) is 0 Å². The third kappa shape index (κ3) is 5.38. The van der Waals surface area contributed by atoms with Crippen molar-refractivity contribution in [3.8, 4) is 0 Å². The monoisotopic (exact) mass is 465 g/mol. The van der Waals surface area contributed by atoms with Gasteiger partial charge in [-0.3, -0.25) is 9.69 Å². The lowest BCUT2D eigenvalue weighted by Crippen LogP contribution is -2.52. The smallest absolute Gasteiger partial charge is 0.368 e. The van der Waals surface area contributed by atoms with E-state index in [1.165, 1.54) is 12.1 Å². The van der Waals surface area contributed by atoms with E-state index in [1.54, 1.807) is 6.07 Å². The van der Waals surface area contributed by atoms with Crippen molar-refractivity contribution in [2.45, 2.75) is 25.6 Å². The molecule has 0 saturated carbocycles. The molecular formula is C24H27ClF3N3O. The molecule has 2 aliphatic heterocycles. The Morgan fingerprint density at radius 3 is 2.47 bits per heavy atom. The summed E-state index contributed by atoms with van der Waals surface area (Å²) in [5.41, 5.74) is 0.974. The molecule has 1 atom stereocenters. The van der Waals surface area contributed by atoms with E-state index in [0.717, 1.165) is 42.6 Å². The van der Waals surface area contributed by atoms with Crippen molar-refractivity contribution in [3.63, 3.8) is 0 Å². The Morgan fingerprint density at radius 1 is 1.00 bits per heavy atom. The Hall–Kier alpha value is -2.25. The molecule has 172 valence electrons. The van der Waals surface area contributed by atoms with E-state index in [4.69, 9.17) is 11.6 Å². The minimum Gasteiger partial charge on any atom is -0.368 e. The Bertz CT molecular complexity index is 944. The second kappa shape index (κ2) is 9.71. The maximum atomic E-state index is 13.2. The first-order chi connectivity index (χ1) is 15.3. The van der Waals surface area contributed by atoms with Gasteiger partial charge in [0.05, 0.1) is 11.5 Å². The first-order valence-electron chi connectivity index (χ1n) is 11.0. The molecule has 1 unspecified atom stereocenters. The summed E-state index contributed by atoms with van der Waals surface area (Å²) in [4.78, 5) is 19.2. The lowest BCUT2D eigenvalue weighted by molar-refractivity contribution is -0.138. The zero-order chi connectivity index (χ0) is 22.7. The second-order valence-electron chi connectivity index (χ2n) is 8.53. The third-order valence-electron chi connectivity index (χ3n) is 6.34. The Labute approximate surface area is 191 Å². The number of piperidine rings is 1. The number of likely N-dealkylation sites (tertiary alicyclic amines) is 1. The van der Waals surface area contributed by atoms with E-state index in [-0.39, 0.29) is 11.8 Å². The predicted molar refractivity (Wildman–Crippen MR) is 120 cm³/mol. The fourth-order valence-electron chi connectivity index (χ4n) is 4.59. The van der Waals surface area contributed by atoms with Crippen LogP contribution in [0.25, 0.3) is 0 Å². The number of alkyl halides is 3. The van der Waals surface area contributed by atoms with Gasteiger partial charge in [-0.05, 0) is 49.2 Å². The number of amides is 1. The van der Waals surface area contributed by atoms with Crippen LogP contribution in [0.3, 0.4) is 0 Å². The number of rotatable bonds is 4. The quantitative estimate of drug-likeness (QED) is 0.641. The number of piperazine rings is 1. The number of benzene rings is 2. The van der Waals surface area contributed by atoms with Crippen molar-refractivity contribution < 1.29 is 18.0 Å². The van der Waals surface area contributed by atoms with Crippen LogP contribution in [0.4, 0.5) is 18.9 Å². The van der Waals surface area contributed by atoms with Gasteiger partial charge in [0, 0.05) is 50.0 Å². The van der Waals surface area contributed by atoms with E-state index in [0.29, 0.717) is 38.4 Å². The van der Waals surface area contributed by atoms with Gasteiger partial charge in [-0.2, -0.15) is 13.2 Å². The highest BCUT2D eigenvalue weighted by atomic mass is 35.5. The van der Waals surface area contributed by atoms with E-state index < -0.39 is 11.7 Å². The van der Waals surface area contributed by atoms with Gasteiger partial charge >= 0.3 is 6.18 Å². The molecule has 0 radical (unpaired) electrons. The minimum atomic E-state index is -4.36. The number of nitrogens with zero attached hydrogens (tertiary/aromatic N) is 3. The number of hydrogen-bond donors (Lipinski definition) is 0. The van der Waals surface area contributed by atoms with Crippen LogP contribution in [0.15, 0.2) is 48.5 Å².